The number of unbranched alkanes of at least 4 members (excludes halogenated alkanes) is 1. The van der Waals surface area contributed by atoms with Crippen molar-refractivity contribution in [1.82, 2.24) is 9.80 Å². The van der Waals surface area contributed by atoms with Gasteiger partial charge in [-0.05, 0) is 111 Å². The number of ether oxygens (including phenoxy) is 2. The minimum Gasteiger partial charge on any atom is -0.508 e. The molecule has 65 heavy (non-hydrogen) atoms. The number of rotatable bonds is 7. The van der Waals surface area contributed by atoms with Crippen molar-refractivity contribution in [2.45, 2.75) is 181 Å². The van der Waals surface area contributed by atoms with Crippen LogP contribution in [0.2, 0.25) is 0 Å². The normalized spacial score (nSPS) is 38.7. The van der Waals surface area contributed by atoms with Gasteiger partial charge in [0.1, 0.15) is 40.2 Å². The van der Waals surface area contributed by atoms with E-state index < -0.39 is 58.3 Å². The van der Waals surface area contributed by atoms with Gasteiger partial charge in [0.2, 0.25) is 0 Å². The molecule has 4 heterocycles. The van der Waals surface area contributed by atoms with Crippen LogP contribution in [0.3, 0.4) is 0 Å². The fourth-order valence-electron chi connectivity index (χ4n) is 16.2. The first-order valence-corrected chi connectivity index (χ1v) is 24.5. The number of aliphatic hydroxyl groups is 3. The number of carboxylic acid groups (broad SMARTS) is 1. The molecule has 13 nitrogen and oxygen atoms in total. The van der Waals surface area contributed by atoms with E-state index in [1.165, 1.54) is 11.0 Å². The molecule has 4 aliphatic carbocycles. The van der Waals surface area contributed by atoms with E-state index in [1.807, 2.05) is 13.8 Å². The summed E-state index contributed by atoms with van der Waals surface area (Å²) < 4.78 is 14.3. The Morgan fingerprint density at radius 2 is 1.26 bits per heavy atom. The lowest BCUT2D eigenvalue weighted by atomic mass is 9.43. The molecule has 13 heteroatoms. The average Bonchev–Trinajstić information content (AvgIpc) is 4.01. The van der Waals surface area contributed by atoms with Crippen LogP contribution in [-0.4, -0.2) is 100 Å². The molecule has 0 radical (unpaired) electrons. The third-order valence-electron chi connectivity index (χ3n) is 20.1. The number of aliphatic hydroxyl groups excluding tert-OH is 3. The SMILES string of the molecule is C[C@@H]1CCC2C(C)(C)[C@H](O)CC[C@]2(C)[C@@]12Cc1c(O)cc3c(c1O2)CN(CCCC[C@@H](C(=O)O)N1Cc2c(cc(O)c4c2O[C@]2(C4)[C@H](C)CCC4C(C)(C)[C@H](O)[C@H](O)C[C@@]42C)C1=O)C3=O. The molecule has 8 aliphatic rings. The molecule has 6 N–H and O–H groups in total. The Hall–Kier alpha value is -4.07. The summed E-state index contributed by atoms with van der Waals surface area (Å²) in [5, 5.41) is 67.0. The zero-order chi connectivity index (χ0) is 46.7. The number of hydrogen-bond acceptors (Lipinski definition) is 10. The number of fused-ring (bicyclic) bond motifs is 10. The number of nitrogens with zero attached hydrogens (tertiary/aromatic N) is 2. The minimum absolute atomic E-state index is 0.0116. The maximum absolute atomic E-state index is 14.1. The highest BCUT2D eigenvalue weighted by Gasteiger charge is 2.70. The van der Waals surface area contributed by atoms with Crippen molar-refractivity contribution < 1.29 is 54.5 Å². The number of phenolic OH excluding ortho intramolecular Hbond substituents is 2. The van der Waals surface area contributed by atoms with Crippen LogP contribution in [0.1, 0.15) is 163 Å². The second-order valence-electron chi connectivity index (χ2n) is 23.6. The highest BCUT2D eigenvalue weighted by atomic mass is 16.5. The van der Waals surface area contributed by atoms with Crippen LogP contribution in [0.25, 0.3) is 0 Å². The smallest absolute Gasteiger partial charge is 0.326 e. The van der Waals surface area contributed by atoms with E-state index in [0.29, 0.717) is 79.8 Å². The van der Waals surface area contributed by atoms with Crippen LogP contribution in [-0.2, 0) is 30.7 Å². The monoisotopic (exact) mass is 898 g/mol. The molecule has 2 aromatic rings. The maximum Gasteiger partial charge on any atom is 0.326 e. The first-order chi connectivity index (χ1) is 30.4. The first kappa shape index (κ1) is 44.7. The lowest BCUT2D eigenvalue weighted by Gasteiger charge is -2.64. The molecule has 4 fully saturated rings. The predicted molar refractivity (Wildman–Crippen MR) is 240 cm³/mol. The van der Waals surface area contributed by atoms with Crippen LogP contribution < -0.4 is 9.47 Å². The molecule has 2 unspecified atom stereocenters. The molecule has 10 rings (SSSR count). The second-order valence-corrected chi connectivity index (χ2v) is 23.6. The Kier molecular flexibility index (Phi) is 9.96. The summed E-state index contributed by atoms with van der Waals surface area (Å²) in [4.78, 5) is 44.1. The molecule has 0 aromatic heterocycles. The fraction of sp³-hybridized carbons (Fsp3) is 0.712. The van der Waals surface area contributed by atoms with Crippen molar-refractivity contribution in [2.75, 3.05) is 6.54 Å². The van der Waals surface area contributed by atoms with Crippen LogP contribution in [0.15, 0.2) is 12.1 Å². The zero-order valence-electron chi connectivity index (χ0n) is 39.5. The van der Waals surface area contributed by atoms with Gasteiger partial charge in [0, 0.05) is 52.5 Å². The molecule has 0 saturated heterocycles. The van der Waals surface area contributed by atoms with E-state index in [9.17, 15) is 45.0 Å². The summed E-state index contributed by atoms with van der Waals surface area (Å²) in [6.45, 7) is 17.9. The van der Waals surface area contributed by atoms with Gasteiger partial charge in [-0.15, -0.1) is 0 Å². The molecule has 12 atom stereocenters. The fourth-order valence-corrected chi connectivity index (χ4v) is 16.2. The van der Waals surface area contributed by atoms with Crippen LogP contribution >= 0.6 is 0 Å². The summed E-state index contributed by atoms with van der Waals surface area (Å²) in [6, 6.07) is 1.90. The van der Waals surface area contributed by atoms with Crippen LogP contribution in [0, 0.1) is 45.3 Å². The van der Waals surface area contributed by atoms with E-state index in [1.54, 1.807) is 11.0 Å². The highest BCUT2D eigenvalue weighted by Crippen LogP contribution is 2.69. The predicted octanol–water partition coefficient (Wildman–Crippen LogP) is 7.12. The van der Waals surface area contributed by atoms with E-state index >= 15 is 0 Å². The molecule has 2 amide bonds. The number of phenols is 2. The van der Waals surface area contributed by atoms with Gasteiger partial charge in [0.05, 0.1) is 42.5 Å². The molecule has 2 aromatic carbocycles. The summed E-state index contributed by atoms with van der Waals surface area (Å²) in [5.74, 6) is -0.287. The van der Waals surface area contributed by atoms with Crippen molar-refractivity contribution in [3.8, 4) is 23.0 Å². The Morgan fingerprint density at radius 1 is 0.723 bits per heavy atom. The zero-order valence-corrected chi connectivity index (χ0v) is 39.5. The highest BCUT2D eigenvalue weighted by molar-refractivity contribution is 6.02. The lowest BCUT2D eigenvalue weighted by molar-refractivity contribution is -0.240. The Bertz CT molecular complexity index is 2380. The molecule has 354 valence electrons. The topological polar surface area (TPSA) is 198 Å². The van der Waals surface area contributed by atoms with E-state index in [4.69, 9.17) is 9.47 Å². The number of carbonyl (C=O) groups is 3. The van der Waals surface area contributed by atoms with E-state index in [-0.39, 0.29) is 70.4 Å². The van der Waals surface area contributed by atoms with Gasteiger partial charge < -0.3 is 49.9 Å². The third kappa shape index (κ3) is 5.82. The van der Waals surface area contributed by atoms with Gasteiger partial charge in [-0.1, -0.05) is 55.4 Å². The van der Waals surface area contributed by atoms with Gasteiger partial charge in [-0.25, -0.2) is 4.79 Å². The summed E-state index contributed by atoms with van der Waals surface area (Å²) in [6.07, 6.45) is 5.21. The quantitative estimate of drug-likeness (QED) is 0.155. The molecule has 0 bridgehead atoms. The minimum atomic E-state index is -1.15. The number of benzene rings is 2. The number of hydrogen-bond donors (Lipinski definition) is 6. The number of aromatic hydroxyl groups is 2. The molecule has 4 saturated carbocycles. The Balaban J connectivity index is 0.834. The van der Waals surface area contributed by atoms with Crippen molar-refractivity contribution in [3.63, 3.8) is 0 Å². The molecule has 4 aliphatic heterocycles. The largest absolute Gasteiger partial charge is 0.508 e. The summed E-state index contributed by atoms with van der Waals surface area (Å²) in [7, 11) is 0. The first-order valence-electron chi connectivity index (χ1n) is 24.5. The number of amides is 2. The van der Waals surface area contributed by atoms with Crippen molar-refractivity contribution in [2.24, 2.45) is 45.3 Å². The van der Waals surface area contributed by atoms with Crippen molar-refractivity contribution in [1.29, 1.82) is 0 Å². The number of carboxylic acids is 1. The Labute approximate surface area is 382 Å². The second kappa shape index (κ2) is 14.5. The lowest BCUT2D eigenvalue weighted by Crippen LogP contribution is -2.69. The third-order valence-corrected chi connectivity index (χ3v) is 20.1. The Morgan fingerprint density at radius 3 is 1.85 bits per heavy atom. The van der Waals surface area contributed by atoms with E-state index in [0.717, 1.165) is 43.2 Å². The average molecular weight is 899 g/mol. The maximum atomic E-state index is 14.1. The molecular weight excluding hydrogens is 829 g/mol. The standard InChI is InChI=1S/C52H70N2O11/c1-26-12-14-38-47(3,4)40(58)16-17-49(38,7)51(26)21-30-35(55)19-28-32(41(30)64-51)24-53(44(28)60)18-10-9-11-34(46(62)63)54-25-33-29(45(54)61)20-36(56)31-22-52(65-42(31)33)27(2)13-15-39-48(5,6)43(59)37(57)23-50(39,52)8/h19-20,26-27,34,37-40,43,55-59H,9-18,21-25H2,1-8H3,(H,62,63)/t26-,27-,34+,37-,38?,39?,40-,43-,49+,50+,51-,52-/m1/s1. The van der Waals surface area contributed by atoms with Gasteiger partial charge in [-0.3, -0.25) is 9.59 Å². The van der Waals surface area contributed by atoms with Gasteiger partial charge in [0.25, 0.3) is 11.8 Å². The summed E-state index contributed by atoms with van der Waals surface area (Å²) >= 11 is 0. The van der Waals surface area contributed by atoms with Gasteiger partial charge in [-0.2, -0.15) is 0 Å². The van der Waals surface area contributed by atoms with Crippen molar-refractivity contribution in [3.05, 3.63) is 45.5 Å². The molecule has 2 spiro atoms. The number of carbonyl (C=O) groups excluding carboxylic acids is 2. The van der Waals surface area contributed by atoms with Gasteiger partial charge in [0.15, 0.2) is 0 Å². The number of aliphatic carboxylic acids is 1. The van der Waals surface area contributed by atoms with E-state index in [2.05, 4.69) is 41.5 Å². The molecular formula is C52H70N2O11. The van der Waals surface area contributed by atoms with Crippen LogP contribution in [0.4, 0.5) is 0 Å². The van der Waals surface area contributed by atoms with Gasteiger partial charge >= 0.3 is 5.97 Å². The summed E-state index contributed by atoms with van der Waals surface area (Å²) in [5.41, 5.74) is 0.244. The van der Waals surface area contributed by atoms with Crippen LogP contribution in [0.5, 0.6) is 23.0 Å². The van der Waals surface area contributed by atoms with Crippen molar-refractivity contribution >= 4 is 17.8 Å².